The highest BCUT2D eigenvalue weighted by Gasteiger charge is 2.24. The molecular formula is C23H28ClN3O5S. The first-order valence-corrected chi connectivity index (χ1v) is 12.3. The smallest absolute Gasteiger partial charge is 0.244 e. The number of ether oxygens (including phenoxy) is 3. The van der Waals surface area contributed by atoms with Gasteiger partial charge in [-0.15, -0.1) is 0 Å². The molecule has 0 aliphatic carbocycles. The molecule has 2 aromatic rings. The molecule has 1 aliphatic rings. The Bertz CT molecular complexity index is 961. The molecule has 0 saturated heterocycles. The maximum absolute atomic E-state index is 12.9. The van der Waals surface area contributed by atoms with Gasteiger partial charge in [0.1, 0.15) is 6.61 Å². The van der Waals surface area contributed by atoms with E-state index in [2.05, 4.69) is 5.32 Å². The fourth-order valence-electron chi connectivity index (χ4n) is 3.18. The number of carbonyl (C=O) groups excluding carboxylic acids is 2. The van der Waals surface area contributed by atoms with Crippen molar-refractivity contribution in [2.24, 2.45) is 5.73 Å². The van der Waals surface area contributed by atoms with Gasteiger partial charge in [-0.3, -0.25) is 9.59 Å². The molecule has 3 rings (SSSR count). The van der Waals surface area contributed by atoms with Gasteiger partial charge < -0.3 is 30.2 Å². The maximum Gasteiger partial charge on any atom is 0.244 e. The highest BCUT2D eigenvalue weighted by Crippen LogP contribution is 2.36. The fraction of sp³-hybridized carbons (Fsp3) is 0.391. The van der Waals surface area contributed by atoms with Gasteiger partial charge in [0.25, 0.3) is 0 Å². The Hall–Kier alpha value is -2.46. The first-order valence-electron chi connectivity index (χ1n) is 10.6. The van der Waals surface area contributed by atoms with Crippen LogP contribution in [0.5, 0.6) is 17.2 Å². The number of amides is 2. The Morgan fingerprint density at radius 1 is 1.18 bits per heavy atom. The second-order valence-electron chi connectivity index (χ2n) is 7.35. The van der Waals surface area contributed by atoms with Crippen LogP contribution in [0.1, 0.15) is 6.42 Å². The molecule has 1 aliphatic heterocycles. The lowest BCUT2D eigenvalue weighted by molar-refractivity contribution is -0.136. The van der Waals surface area contributed by atoms with Crippen molar-refractivity contribution in [1.82, 2.24) is 4.90 Å². The van der Waals surface area contributed by atoms with Gasteiger partial charge >= 0.3 is 0 Å². The quantitative estimate of drug-likeness (QED) is 0.672. The number of nitrogens with two attached hydrogens (primary N) is 1. The van der Waals surface area contributed by atoms with E-state index in [0.717, 1.165) is 5.75 Å². The molecular weight excluding hydrogens is 466 g/mol. The zero-order valence-corrected chi connectivity index (χ0v) is 20.0. The van der Waals surface area contributed by atoms with E-state index in [4.69, 9.17) is 31.5 Å². The van der Waals surface area contributed by atoms with E-state index in [1.807, 2.05) is 18.4 Å². The van der Waals surface area contributed by atoms with Crippen LogP contribution in [0.15, 0.2) is 42.5 Å². The van der Waals surface area contributed by atoms with Crippen molar-refractivity contribution < 1.29 is 23.8 Å². The number of rotatable bonds is 4. The molecule has 0 radical (unpaired) electrons. The average Bonchev–Trinajstić information content (AvgIpc) is 2.81. The first kappa shape index (κ1) is 25.2. The van der Waals surface area contributed by atoms with Crippen molar-refractivity contribution >= 4 is 40.9 Å². The van der Waals surface area contributed by atoms with Gasteiger partial charge in [0.2, 0.25) is 11.8 Å². The number of benzene rings is 2. The Morgan fingerprint density at radius 2 is 1.97 bits per heavy atom. The van der Waals surface area contributed by atoms with Crippen LogP contribution in [0.25, 0.3) is 0 Å². The van der Waals surface area contributed by atoms with E-state index in [1.54, 1.807) is 42.1 Å². The molecule has 2 aromatic carbocycles. The van der Waals surface area contributed by atoms with Crippen molar-refractivity contribution in [3.05, 3.63) is 47.5 Å². The van der Waals surface area contributed by atoms with Gasteiger partial charge in [0.15, 0.2) is 17.2 Å². The monoisotopic (exact) mass is 493 g/mol. The number of nitrogens with zero attached hydrogens (tertiary/aromatic N) is 1. The number of anilines is 1. The third-order valence-electron chi connectivity index (χ3n) is 4.87. The highest BCUT2D eigenvalue weighted by molar-refractivity contribution is 7.98. The number of fused-ring (bicyclic) bond motifs is 2. The summed E-state index contributed by atoms with van der Waals surface area (Å²) in [6.07, 6.45) is 2.48. The number of hydrogen-bond acceptors (Lipinski definition) is 7. The zero-order chi connectivity index (χ0) is 23.6. The van der Waals surface area contributed by atoms with Crippen LogP contribution < -0.4 is 20.5 Å². The molecule has 0 unspecified atom stereocenters. The third-order valence-corrected chi connectivity index (χ3v) is 5.75. The lowest BCUT2D eigenvalue weighted by atomic mass is 10.2. The van der Waals surface area contributed by atoms with Crippen LogP contribution in [0.3, 0.4) is 0 Å². The number of hydrogen-bond donors (Lipinski definition) is 2. The van der Waals surface area contributed by atoms with Crippen molar-refractivity contribution in [3.8, 4) is 17.2 Å². The fourth-order valence-corrected chi connectivity index (χ4v) is 3.84. The second-order valence-corrected chi connectivity index (χ2v) is 8.77. The number of carbonyl (C=O) groups is 2. The summed E-state index contributed by atoms with van der Waals surface area (Å²) in [5.41, 5.74) is 6.45. The Kier molecular flexibility index (Phi) is 9.68. The third kappa shape index (κ3) is 7.53. The molecule has 33 heavy (non-hydrogen) atoms. The molecule has 10 heteroatoms. The summed E-state index contributed by atoms with van der Waals surface area (Å²) in [5, 5.41) is 3.23. The minimum Gasteiger partial charge on any atom is -0.487 e. The van der Waals surface area contributed by atoms with E-state index in [0.29, 0.717) is 47.6 Å². The molecule has 1 heterocycles. The summed E-state index contributed by atoms with van der Waals surface area (Å²) in [6, 6.07) is 11.5. The maximum atomic E-state index is 12.9. The van der Waals surface area contributed by atoms with Crippen LogP contribution in [-0.4, -0.2) is 67.7 Å². The molecule has 0 spiro atoms. The number of thioether (sulfide) groups is 1. The zero-order valence-electron chi connectivity index (χ0n) is 18.4. The summed E-state index contributed by atoms with van der Waals surface area (Å²) in [6.45, 7) is 0.917. The largest absolute Gasteiger partial charge is 0.487 e. The van der Waals surface area contributed by atoms with Gasteiger partial charge in [-0.2, -0.15) is 11.8 Å². The van der Waals surface area contributed by atoms with Gasteiger partial charge in [-0.05, 0) is 48.8 Å². The summed E-state index contributed by atoms with van der Waals surface area (Å²) in [4.78, 5) is 27.2. The molecule has 2 amide bonds. The average molecular weight is 494 g/mol. The SMILES string of the molecule is CSCC[C@H](N)C(=O)N1CCOCCOc2ccccc2Oc2ccc(Cl)cc2NC(=O)C1. The van der Waals surface area contributed by atoms with Crippen LogP contribution in [0.4, 0.5) is 5.69 Å². The number of para-hydroxylation sites is 2. The summed E-state index contributed by atoms with van der Waals surface area (Å²) in [7, 11) is 0. The molecule has 8 nitrogen and oxygen atoms in total. The van der Waals surface area contributed by atoms with E-state index < -0.39 is 11.9 Å². The van der Waals surface area contributed by atoms with Gasteiger partial charge in [0.05, 0.1) is 31.5 Å². The first-order chi connectivity index (χ1) is 16.0. The van der Waals surface area contributed by atoms with Crippen molar-refractivity contribution in [2.45, 2.75) is 12.5 Å². The molecule has 0 fully saturated rings. The number of halogens is 1. The Morgan fingerprint density at radius 3 is 2.76 bits per heavy atom. The van der Waals surface area contributed by atoms with Gasteiger partial charge in [0, 0.05) is 11.6 Å². The molecule has 1 atom stereocenters. The Balaban J connectivity index is 1.84. The molecule has 0 aromatic heterocycles. The van der Waals surface area contributed by atoms with Crippen LogP contribution in [0, 0.1) is 0 Å². The lowest BCUT2D eigenvalue weighted by Crippen LogP contribution is -2.48. The molecule has 3 N–H and O–H groups in total. The predicted octanol–water partition coefficient (Wildman–Crippen LogP) is 3.39. The molecule has 178 valence electrons. The van der Waals surface area contributed by atoms with Crippen molar-refractivity contribution in [2.75, 3.05) is 50.2 Å². The van der Waals surface area contributed by atoms with E-state index >= 15 is 0 Å². The predicted molar refractivity (Wildman–Crippen MR) is 130 cm³/mol. The van der Waals surface area contributed by atoms with Crippen molar-refractivity contribution in [3.63, 3.8) is 0 Å². The second kappa shape index (κ2) is 12.7. The number of nitrogens with one attached hydrogen (secondary N) is 1. The normalized spacial score (nSPS) is 16.1. The van der Waals surface area contributed by atoms with E-state index in [9.17, 15) is 9.59 Å². The highest BCUT2D eigenvalue weighted by atomic mass is 35.5. The van der Waals surface area contributed by atoms with E-state index in [-0.39, 0.29) is 25.6 Å². The summed E-state index contributed by atoms with van der Waals surface area (Å²) < 4.78 is 17.5. The standard InChI is InChI=1S/C23H28ClN3O5S/c1-33-13-8-17(25)23(29)27-9-10-30-11-12-31-20-4-2-3-5-21(20)32-19-7-6-16(24)14-18(19)26-22(28)15-27/h2-7,14,17H,8-13,15,25H2,1H3,(H,26,28)/t17-/m0/s1. The minimum atomic E-state index is -0.685. The topological polar surface area (TPSA) is 103 Å². The van der Waals surface area contributed by atoms with Gasteiger partial charge in [-0.25, -0.2) is 0 Å². The molecule has 0 bridgehead atoms. The van der Waals surface area contributed by atoms with Crippen LogP contribution in [-0.2, 0) is 14.3 Å². The van der Waals surface area contributed by atoms with Gasteiger partial charge in [-0.1, -0.05) is 23.7 Å². The minimum absolute atomic E-state index is 0.172. The van der Waals surface area contributed by atoms with Crippen LogP contribution in [0.2, 0.25) is 5.02 Å². The lowest BCUT2D eigenvalue weighted by Gasteiger charge is -2.25. The van der Waals surface area contributed by atoms with Crippen LogP contribution >= 0.6 is 23.4 Å². The molecule has 0 saturated carbocycles. The summed E-state index contributed by atoms with van der Waals surface area (Å²) >= 11 is 7.77. The van der Waals surface area contributed by atoms with E-state index in [1.165, 1.54) is 4.90 Å². The van der Waals surface area contributed by atoms with Crippen molar-refractivity contribution in [1.29, 1.82) is 0 Å². The Labute approximate surface area is 202 Å². The summed E-state index contributed by atoms with van der Waals surface area (Å²) in [5.74, 6) is 1.49.